The third-order valence-electron chi connectivity index (χ3n) is 12.3. The molecule has 5 rings (SSSR count). The van der Waals surface area contributed by atoms with Crippen LogP contribution in [0.1, 0.15) is 91.0 Å². The van der Waals surface area contributed by atoms with Crippen LogP contribution in [0.15, 0.2) is 30.3 Å². The Kier molecular flexibility index (Phi) is 10.1. The average Bonchev–Trinajstić information content (AvgIpc) is 3.39. The van der Waals surface area contributed by atoms with Crippen molar-refractivity contribution in [2.24, 2.45) is 40.4 Å². The first-order valence-electron chi connectivity index (χ1n) is 17.0. The highest BCUT2D eigenvalue weighted by atomic mass is 16.6. The lowest BCUT2D eigenvalue weighted by Crippen LogP contribution is -2.56. The fourth-order valence-electron chi connectivity index (χ4n) is 9.89. The van der Waals surface area contributed by atoms with Crippen molar-refractivity contribution >= 4 is 29.7 Å². The van der Waals surface area contributed by atoms with Gasteiger partial charge in [-0.25, -0.2) is 4.79 Å². The number of Topliss-reactive ketones (excluding diaryl/α,β-unsaturated/α-hetero) is 1. The number of rotatable bonds is 10. The maximum atomic E-state index is 12.8. The number of ketones is 1. The second-order valence-corrected chi connectivity index (χ2v) is 15.0. The van der Waals surface area contributed by atoms with Gasteiger partial charge in [0.05, 0.1) is 6.54 Å². The van der Waals surface area contributed by atoms with Gasteiger partial charge in [0.15, 0.2) is 0 Å². The van der Waals surface area contributed by atoms with Gasteiger partial charge in [0.1, 0.15) is 31.1 Å². The summed E-state index contributed by atoms with van der Waals surface area (Å²) >= 11 is 0. The predicted molar refractivity (Wildman–Crippen MR) is 171 cm³/mol. The second kappa shape index (κ2) is 13.7. The quantitative estimate of drug-likeness (QED) is 0.316. The van der Waals surface area contributed by atoms with Crippen molar-refractivity contribution in [3.05, 3.63) is 35.9 Å². The molecule has 0 radical (unpaired) electrons. The first-order valence-corrected chi connectivity index (χ1v) is 17.0. The molecule has 1 aromatic carbocycles. The summed E-state index contributed by atoms with van der Waals surface area (Å²) < 4.78 is 11.0. The molecular formula is C36H51N3O7. The van der Waals surface area contributed by atoms with E-state index in [2.05, 4.69) is 29.8 Å². The van der Waals surface area contributed by atoms with Crippen molar-refractivity contribution in [3.63, 3.8) is 0 Å². The molecule has 0 saturated heterocycles. The van der Waals surface area contributed by atoms with E-state index in [1.54, 1.807) is 6.92 Å². The second-order valence-electron chi connectivity index (χ2n) is 15.0. The van der Waals surface area contributed by atoms with Gasteiger partial charge in [0.2, 0.25) is 11.8 Å². The molecule has 4 aliphatic carbocycles. The molecule has 8 atom stereocenters. The Morgan fingerprint density at radius 3 is 2.15 bits per heavy atom. The molecule has 4 saturated carbocycles. The van der Waals surface area contributed by atoms with E-state index in [1.807, 2.05) is 37.3 Å². The van der Waals surface area contributed by atoms with Gasteiger partial charge >= 0.3 is 12.1 Å². The van der Waals surface area contributed by atoms with Crippen molar-refractivity contribution in [2.45, 2.75) is 97.7 Å². The molecule has 10 nitrogen and oxygen atoms in total. The third kappa shape index (κ3) is 7.26. The lowest BCUT2D eigenvalue weighted by atomic mass is 9.44. The molecule has 4 fully saturated rings. The van der Waals surface area contributed by atoms with Gasteiger partial charge < -0.3 is 25.4 Å². The van der Waals surface area contributed by atoms with Crippen LogP contribution in [0.25, 0.3) is 0 Å². The third-order valence-corrected chi connectivity index (χ3v) is 12.3. The number of carbonyl (C=O) groups is 5. The Balaban J connectivity index is 1.02. The summed E-state index contributed by atoms with van der Waals surface area (Å²) in [6.07, 6.45) is 8.72. The zero-order valence-corrected chi connectivity index (χ0v) is 27.8. The van der Waals surface area contributed by atoms with E-state index in [9.17, 15) is 24.0 Å². The van der Waals surface area contributed by atoms with Crippen molar-refractivity contribution in [1.29, 1.82) is 0 Å². The van der Waals surface area contributed by atoms with E-state index >= 15 is 0 Å². The van der Waals surface area contributed by atoms with Crippen LogP contribution in [0.5, 0.6) is 0 Å². The number of amides is 3. The number of alkyl carbamates (subject to hydrolysis) is 1. The molecule has 1 aromatic rings. The highest BCUT2D eigenvalue weighted by Crippen LogP contribution is 2.68. The fraction of sp³-hybridized carbons (Fsp3) is 0.694. The molecular weight excluding hydrogens is 586 g/mol. The summed E-state index contributed by atoms with van der Waals surface area (Å²) in [5.74, 6) is 1.45. The molecule has 4 aliphatic rings. The molecule has 10 heteroatoms. The molecule has 252 valence electrons. The van der Waals surface area contributed by atoms with E-state index in [1.165, 1.54) is 19.3 Å². The van der Waals surface area contributed by atoms with Gasteiger partial charge in [-0.3, -0.25) is 19.2 Å². The summed E-state index contributed by atoms with van der Waals surface area (Å²) in [5.41, 5.74) is 0.603. The monoisotopic (exact) mass is 637 g/mol. The average molecular weight is 638 g/mol. The normalized spacial score (nSPS) is 34.6. The molecule has 0 spiro atoms. The van der Waals surface area contributed by atoms with E-state index in [-0.39, 0.29) is 43.0 Å². The number of nitrogens with one attached hydrogen (secondary N) is 3. The van der Waals surface area contributed by atoms with Gasteiger partial charge in [0.25, 0.3) is 0 Å². The lowest BCUT2D eigenvalue weighted by molar-refractivity contribution is -0.180. The minimum Gasteiger partial charge on any atom is -0.458 e. The smallest absolute Gasteiger partial charge is 0.407 e. The number of benzene rings is 1. The SMILES string of the molecule is CC(=O)[C@H]1CC[C@H]2[C@@H]3CC[C@H]4C[C@](C)(OC(=O)CNC(=O)CNC(=O)CNC(=O)OCc5ccccc5)CC[C@]4(C)[C@H]3CC[C@]12C. The van der Waals surface area contributed by atoms with Crippen LogP contribution in [0.4, 0.5) is 4.79 Å². The number of carbonyl (C=O) groups excluding carboxylic acids is 5. The largest absolute Gasteiger partial charge is 0.458 e. The first-order chi connectivity index (χ1) is 21.8. The number of hydrogen-bond donors (Lipinski definition) is 3. The van der Waals surface area contributed by atoms with Crippen LogP contribution in [0, 0.1) is 40.4 Å². The Labute approximate surface area is 272 Å². The molecule has 46 heavy (non-hydrogen) atoms. The predicted octanol–water partition coefficient (Wildman–Crippen LogP) is 4.70. The molecule has 0 heterocycles. The Morgan fingerprint density at radius 1 is 0.761 bits per heavy atom. The van der Waals surface area contributed by atoms with Crippen LogP contribution in [-0.2, 0) is 35.3 Å². The summed E-state index contributed by atoms with van der Waals surface area (Å²) in [6.45, 7) is 7.77. The lowest BCUT2D eigenvalue weighted by Gasteiger charge is -2.62. The van der Waals surface area contributed by atoms with Crippen molar-refractivity contribution in [2.75, 3.05) is 19.6 Å². The molecule has 0 aliphatic heterocycles. The number of fused-ring (bicyclic) bond motifs is 5. The van der Waals surface area contributed by atoms with Gasteiger partial charge in [-0.2, -0.15) is 0 Å². The first kappa shape index (κ1) is 33.9. The van der Waals surface area contributed by atoms with Crippen molar-refractivity contribution in [3.8, 4) is 0 Å². The van der Waals surface area contributed by atoms with E-state index in [0.717, 1.165) is 44.1 Å². The van der Waals surface area contributed by atoms with E-state index < -0.39 is 29.5 Å². The van der Waals surface area contributed by atoms with Gasteiger partial charge in [-0.15, -0.1) is 0 Å². The molecule has 0 bridgehead atoms. The van der Waals surface area contributed by atoms with Crippen LogP contribution in [0.2, 0.25) is 0 Å². The van der Waals surface area contributed by atoms with Gasteiger partial charge in [0, 0.05) is 5.92 Å². The number of esters is 1. The van der Waals surface area contributed by atoms with Crippen LogP contribution < -0.4 is 16.0 Å². The maximum Gasteiger partial charge on any atom is 0.407 e. The topological polar surface area (TPSA) is 140 Å². The summed E-state index contributed by atoms with van der Waals surface area (Å²) in [5, 5.41) is 7.28. The Morgan fingerprint density at radius 2 is 1.43 bits per heavy atom. The molecule has 0 aromatic heterocycles. The standard InChI is InChI=1S/C36H51N3O7/c1-23(40)27-12-13-28-26-11-10-25-18-34(2,16-17-35(25,3)29(26)14-15-36(27,28)4)46-32(43)21-38-30(41)19-37-31(42)20-39-33(44)45-22-24-8-6-5-7-9-24/h5-9,25-29H,10-22H2,1-4H3,(H,37,42)(H,38,41)(H,39,44)/t25-,26-,27+,28-,29-,34+,35-,36+/m0/s1. The van der Waals surface area contributed by atoms with Gasteiger partial charge in [-0.05, 0) is 112 Å². The Bertz CT molecular complexity index is 1320. The molecule has 3 N–H and O–H groups in total. The summed E-state index contributed by atoms with van der Waals surface area (Å²) in [4.78, 5) is 61.4. The minimum absolute atomic E-state index is 0.0796. The van der Waals surface area contributed by atoms with E-state index in [4.69, 9.17) is 9.47 Å². The zero-order valence-electron chi connectivity index (χ0n) is 27.8. The number of ether oxygens (including phenoxy) is 2. The minimum atomic E-state index is -0.742. The van der Waals surface area contributed by atoms with Crippen molar-refractivity contribution < 1.29 is 33.4 Å². The maximum absolute atomic E-state index is 12.8. The summed E-state index contributed by atoms with van der Waals surface area (Å²) in [6, 6.07) is 9.16. The fourth-order valence-corrected chi connectivity index (χ4v) is 9.89. The van der Waals surface area contributed by atoms with Crippen LogP contribution in [-0.4, -0.2) is 54.9 Å². The van der Waals surface area contributed by atoms with Crippen LogP contribution in [0.3, 0.4) is 0 Å². The molecule has 0 unspecified atom stereocenters. The molecule has 3 amide bonds. The number of hydrogen-bond acceptors (Lipinski definition) is 7. The summed E-state index contributed by atoms with van der Waals surface area (Å²) in [7, 11) is 0. The van der Waals surface area contributed by atoms with Gasteiger partial charge in [-0.1, -0.05) is 44.2 Å². The van der Waals surface area contributed by atoms with Crippen LogP contribution >= 0.6 is 0 Å². The zero-order chi connectivity index (χ0) is 33.1. The highest BCUT2D eigenvalue weighted by Gasteiger charge is 2.61. The van der Waals surface area contributed by atoms with E-state index in [0.29, 0.717) is 29.5 Å². The Hall–Kier alpha value is -3.43. The highest BCUT2D eigenvalue weighted by molar-refractivity contribution is 5.88. The van der Waals surface area contributed by atoms with Crippen molar-refractivity contribution in [1.82, 2.24) is 16.0 Å².